The van der Waals surface area contributed by atoms with Crippen molar-refractivity contribution in [2.45, 2.75) is 38.2 Å². The van der Waals surface area contributed by atoms with Crippen LogP contribution in [0.3, 0.4) is 0 Å². The Morgan fingerprint density at radius 2 is 2.05 bits per heavy atom. The average molecular weight is 285 g/mol. The van der Waals surface area contributed by atoms with Gasteiger partial charge in [0, 0.05) is 12.8 Å². The van der Waals surface area contributed by atoms with Gasteiger partial charge in [-0.05, 0) is 30.9 Å². The van der Waals surface area contributed by atoms with Crippen LogP contribution in [0.2, 0.25) is 0 Å². The van der Waals surface area contributed by atoms with Crippen LogP contribution in [0.4, 0.5) is 0 Å². The van der Waals surface area contributed by atoms with Gasteiger partial charge >= 0.3 is 0 Å². The SMILES string of the molecule is CCNCC#CCCC(=O)C(O)(c1ccccc1)C1CC1. The highest BCUT2D eigenvalue weighted by molar-refractivity contribution is 5.89. The second kappa shape index (κ2) is 7.40. The second-order valence-electron chi connectivity index (χ2n) is 5.46. The summed E-state index contributed by atoms with van der Waals surface area (Å²) < 4.78 is 0. The van der Waals surface area contributed by atoms with Gasteiger partial charge in [-0.2, -0.15) is 0 Å². The predicted octanol–water partition coefficient (Wildman–Crippen LogP) is 2.25. The number of carbonyl (C=O) groups is 1. The van der Waals surface area contributed by atoms with Crippen LogP contribution in [0, 0.1) is 17.8 Å². The molecule has 0 aliphatic heterocycles. The molecule has 0 aromatic heterocycles. The fourth-order valence-corrected chi connectivity index (χ4v) is 2.52. The first kappa shape index (κ1) is 15.8. The fourth-order valence-electron chi connectivity index (χ4n) is 2.52. The van der Waals surface area contributed by atoms with Gasteiger partial charge in [-0.1, -0.05) is 43.2 Å². The van der Waals surface area contributed by atoms with E-state index in [4.69, 9.17) is 0 Å². The molecule has 2 rings (SSSR count). The Morgan fingerprint density at radius 1 is 1.33 bits per heavy atom. The Balaban J connectivity index is 1.98. The van der Waals surface area contributed by atoms with Crippen LogP contribution in [-0.2, 0) is 10.4 Å². The topological polar surface area (TPSA) is 49.3 Å². The minimum atomic E-state index is -1.31. The van der Waals surface area contributed by atoms with Gasteiger partial charge in [0.2, 0.25) is 0 Å². The Hall–Kier alpha value is -1.63. The molecule has 3 heteroatoms. The van der Waals surface area contributed by atoms with Gasteiger partial charge in [0.25, 0.3) is 0 Å². The molecule has 3 nitrogen and oxygen atoms in total. The van der Waals surface area contributed by atoms with Crippen molar-refractivity contribution in [1.29, 1.82) is 0 Å². The smallest absolute Gasteiger partial charge is 0.170 e. The molecular weight excluding hydrogens is 262 g/mol. The first-order chi connectivity index (χ1) is 10.2. The minimum Gasteiger partial charge on any atom is -0.377 e. The molecule has 2 N–H and O–H groups in total. The molecule has 1 fully saturated rings. The number of nitrogens with one attached hydrogen (secondary N) is 1. The molecule has 21 heavy (non-hydrogen) atoms. The monoisotopic (exact) mass is 285 g/mol. The molecule has 112 valence electrons. The normalized spacial score (nSPS) is 16.7. The van der Waals surface area contributed by atoms with Crippen LogP contribution in [0.25, 0.3) is 0 Å². The van der Waals surface area contributed by atoms with E-state index in [1.54, 1.807) is 0 Å². The van der Waals surface area contributed by atoms with Crippen molar-refractivity contribution in [1.82, 2.24) is 5.32 Å². The lowest BCUT2D eigenvalue weighted by molar-refractivity contribution is -0.140. The number of carbonyl (C=O) groups excluding carboxylic acids is 1. The summed E-state index contributed by atoms with van der Waals surface area (Å²) in [4.78, 5) is 12.5. The summed E-state index contributed by atoms with van der Waals surface area (Å²) in [5.74, 6) is 5.94. The molecule has 1 aliphatic rings. The van der Waals surface area contributed by atoms with E-state index >= 15 is 0 Å². The number of rotatable bonds is 7. The molecule has 0 amide bonds. The second-order valence-corrected chi connectivity index (χ2v) is 5.46. The quantitative estimate of drug-likeness (QED) is 0.597. The number of ketones is 1. The van der Waals surface area contributed by atoms with E-state index < -0.39 is 5.60 Å². The fraction of sp³-hybridized carbons (Fsp3) is 0.500. The number of aliphatic hydroxyl groups is 1. The van der Waals surface area contributed by atoms with Crippen molar-refractivity contribution in [3.63, 3.8) is 0 Å². The molecule has 0 saturated heterocycles. The van der Waals surface area contributed by atoms with Gasteiger partial charge in [-0.3, -0.25) is 4.79 Å². The lowest BCUT2D eigenvalue weighted by Gasteiger charge is -2.27. The van der Waals surface area contributed by atoms with Gasteiger partial charge in [0.15, 0.2) is 11.4 Å². The summed E-state index contributed by atoms with van der Waals surface area (Å²) in [5.41, 5.74) is -0.594. The van der Waals surface area contributed by atoms with Crippen LogP contribution < -0.4 is 5.32 Å². The maximum absolute atomic E-state index is 12.5. The summed E-state index contributed by atoms with van der Waals surface area (Å²) in [6, 6.07) is 9.31. The molecular formula is C18H23NO2. The lowest BCUT2D eigenvalue weighted by Crippen LogP contribution is -2.38. The molecule has 0 bridgehead atoms. The van der Waals surface area contributed by atoms with Crippen molar-refractivity contribution < 1.29 is 9.90 Å². The molecule has 1 aromatic rings. The van der Waals surface area contributed by atoms with Gasteiger partial charge in [0.05, 0.1) is 6.54 Å². The average Bonchev–Trinajstić information content (AvgIpc) is 3.35. The zero-order valence-corrected chi connectivity index (χ0v) is 12.6. The summed E-state index contributed by atoms with van der Waals surface area (Å²) in [5, 5.41) is 14.0. The molecule has 1 atom stereocenters. The van der Waals surface area contributed by atoms with Crippen molar-refractivity contribution in [2.75, 3.05) is 13.1 Å². The Bertz CT molecular complexity index is 525. The summed E-state index contributed by atoms with van der Waals surface area (Å²) in [6.07, 6.45) is 2.65. The maximum Gasteiger partial charge on any atom is 0.170 e. The van der Waals surface area contributed by atoms with E-state index in [0.29, 0.717) is 19.4 Å². The van der Waals surface area contributed by atoms with Gasteiger partial charge in [-0.25, -0.2) is 0 Å². The highest BCUT2D eigenvalue weighted by Crippen LogP contribution is 2.46. The standard InChI is InChI=1S/C18H23NO2/c1-2-19-14-8-4-7-11-17(20)18(21,16-12-13-16)15-9-5-3-6-10-15/h3,5-6,9-10,16,19,21H,2,7,11-14H2,1H3. The highest BCUT2D eigenvalue weighted by atomic mass is 16.3. The van der Waals surface area contributed by atoms with E-state index in [0.717, 1.165) is 24.9 Å². The van der Waals surface area contributed by atoms with Crippen molar-refractivity contribution in [3.05, 3.63) is 35.9 Å². The largest absolute Gasteiger partial charge is 0.377 e. The van der Waals surface area contributed by atoms with Crippen LogP contribution in [-0.4, -0.2) is 24.0 Å². The molecule has 1 saturated carbocycles. The minimum absolute atomic E-state index is 0.0714. The predicted molar refractivity (Wildman–Crippen MR) is 83.6 cm³/mol. The maximum atomic E-state index is 12.5. The van der Waals surface area contributed by atoms with E-state index in [-0.39, 0.29) is 11.7 Å². The third kappa shape index (κ3) is 3.93. The first-order valence-corrected chi connectivity index (χ1v) is 7.67. The third-order valence-electron chi connectivity index (χ3n) is 3.87. The van der Waals surface area contributed by atoms with Crippen LogP contribution >= 0.6 is 0 Å². The number of benzene rings is 1. The number of Topliss-reactive ketones (excluding diaryl/α,β-unsaturated/α-hetero) is 1. The van der Waals surface area contributed by atoms with E-state index in [9.17, 15) is 9.90 Å². The van der Waals surface area contributed by atoms with E-state index in [1.807, 2.05) is 37.3 Å². The summed E-state index contributed by atoms with van der Waals surface area (Å²) >= 11 is 0. The van der Waals surface area contributed by atoms with E-state index in [1.165, 1.54) is 0 Å². The zero-order chi connectivity index (χ0) is 15.1. The Kier molecular flexibility index (Phi) is 5.55. The summed E-state index contributed by atoms with van der Waals surface area (Å²) in [6.45, 7) is 3.57. The third-order valence-corrected chi connectivity index (χ3v) is 3.87. The van der Waals surface area contributed by atoms with Crippen LogP contribution in [0.5, 0.6) is 0 Å². The molecule has 0 radical (unpaired) electrons. The summed E-state index contributed by atoms with van der Waals surface area (Å²) in [7, 11) is 0. The van der Waals surface area contributed by atoms with Crippen molar-refractivity contribution in [3.8, 4) is 11.8 Å². The van der Waals surface area contributed by atoms with Gasteiger partial charge < -0.3 is 10.4 Å². The molecule has 0 heterocycles. The number of hydrogen-bond donors (Lipinski definition) is 2. The molecule has 1 unspecified atom stereocenters. The highest BCUT2D eigenvalue weighted by Gasteiger charge is 2.49. The zero-order valence-electron chi connectivity index (χ0n) is 12.6. The van der Waals surface area contributed by atoms with Crippen LogP contribution in [0.1, 0.15) is 38.2 Å². The van der Waals surface area contributed by atoms with Gasteiger partial charge in [0.1, 0.15) is 0 Å². The van der Waals surface area contributed by atoms with Crippen molar-refractivity contribution >= 4 is 5.78 Å². The Labute approximate surface area is 126 Å². The lowest BCUT2D eigenvalue weighted by atomic mass is 9.83. The van der Waals surface area contributed by atoms with Gasteiger partial charge in [-0.15, -0.1) is 5.92 Å². The molecule has 1 aliphatic carbocycles. The molecule has 1 aromatic carbocycles. The van der Waals surface area contributed by atoms with E-state index in [2.05, 4.69) is 17.2 Å². The van der Waals surface area contributed by atoms with Crippen molar-refractivity contribution in [2.24, 2.45) is 5.92 Å². The Morgan fingerprint density at radius 3 is 2.67 bits per heavy atom. The first-order valence-electron chi connectivity index (χ1n) is 7.67. The number of hydrogen-bond acceptors (Lipinski definition) is 3. The molecule has 0 spiro atoms. The van der Waals surface area contributed by atoms with Crippen LogP contribution in [0.15, 0.2) is 30.3 Å².